The number of aromatic carboxylic acids is 1. The van der Waals surface area contributed by atoms with Gasteiger partial charge in [0.1, 0.15) is 5.52 Å². The highest BCUT2D eigenvalue weighted by Gasteiger charge is 2.21. The average molecular weight is 429 g/mol. The second-order valence-electron chi connectivity index (χ2n) is 6.90. The fourth-order valence-corrected chi connectivity index (χ4v) is 3.63. The normalized spacial score (nSPS) is 11.3. The number of halogens is 2. The summed E-state index contributed by atoms with van der Waals surface area (Å²) in [5.41, 5.74) is 1.08. The van der Waals surface area contributed by atoms with Gasteiger partial charge in [0.25, 0.3) is 0 Å². The lowest BCUT2D eigenvalue weighted by molar-refractivity contribution is 0.0696. The van der Waals surface area contributed by atoms with Gasteiger partial charge in [-0.25, -0.2) is 14.0 Å². The van der Waals surface area contributed by atoms with E-state index in [2.05, 4.69) is 5.10 Å². The van der Waals surface area contributed by atoms with Crippen LogP contribution in [0, 0.1) is 5.82 Å². The lowest BCUT2D eigenvalue weighted by atomic mass is 10.1. The van der Waals surface area contributed by atoms with Gasteiger partial charge < -0.3 is 5.11 Å². The summed E-state index contributed by atoms with van der Waals surface area (Å²) in [6.45, 7) is 2.75. The van der Waals surface area contributed by atoms with Crippen LogP contribution in [-0.2, 0) is 13.1 Å². The van der Waals surface area contributed by atoms with Crippen LogP contribution in [0.4, 0.5) is 4.39 Å². The molecule has 9 heteroatoms. The molecule has 2 aromatic carbocycles. The molecule has 1 N–H and O–H groups in total. The van der Waals surface area contributed by atoms with Crippen LogP contribution >= 0.6 is 11.6 Å². The maximum Gasteiger partial charge on any atom is 0.335 e. The number of carboxylic acid groups (broad SMARTS) is 1. The third kappa shape index (κ3) is 3.39. The molecule has 154 valence electrons. The minimum atomic E-state index is -1.06. The molecule has 0 saturated heterocycles. The van der Waals surface area contributed by atoms with Crippen molar-refractivity contribution >= 4 is 28.6 Å². The lowest BCUT2D eigenvalue weighted by Gasteiger charge is -2.05. The average Bonchev–Trinajstić information content (AvgIpc) is 3.28. The van der Waals surface area contributed by atoms with Gasteiger partial charge in [-0.15, -0.1) is 0 Å². The summed E-state index contributed by atoms with van der Waals surface area (Å²) >= 11 is 5.99. The van der Waals surface area contributed by atoms with Crippen molar-refractivity contribution < 1.29 is 14.3 Å². The quantitative estimate of drug-likeness (QED) is 0.504. The molecule has 0 aliphatic carbocycles. The van der Waals surface area contributed by atoms with Crippen molar-refractivity contribution in [3.8, 4) is 5.69 Å². The summed E-state index contributed by atoms with van der Waals surface area (Å²) in [4.78, 5) is 24.6. The molecule has 4 rings (SSSR count). The Bertz CT molecular complexity index is 1320. The molecular formula is C21H18ClFN4O3. The van der Waals surface area contributed by atoms with E-state index in [0.717, 1.165) is 6.42 Å². The number of nitrogens with zero attached hydrogens (tertiary/aromatic N) is 4. The third-order valence-electron chi connectivity index (χ3n) is 4.83. The zero-order chi connectivity index (χ0) is 21.4. The van der Waals surface area contributed by atoms with E-state index >= 15 is 0 Å². The topological polar surface area (TPSA) is 82.0 Å². The molecule has 0 fully saturated rings. The van der Waals surface area contributed by atoms with Gasteiger partial charge in [-0.1, -0.05) is 30.7 Å². The minimum absolute atomic E-state index is 0.0536. The number of aryl methyl sites for hydroxylation is 1. The first-order valence-electron chi connectivity index (χ1n) is 9.35. The number of fused-ring (bicyclic) bond motifs is 1. The molecule has 0 atom stereocenters. The molecule has 0 radical (unpaired) electrons. The van der Waals surface area contributed by atoms with Crippen LogP contribution in [-0.4, -0.2) is 30.0 Å². The standard InChI is InChI=1S/C21H18ClFN4O3/c1-2-8-25-12-15(10-24-25)27-19-17(7-6-16(22)18(19)23)26(21(27)30)11-13-4-3-5-14(9-13)20(28)29/h3-7,9-10,12H,2,8,11H2,1H3,(H,28,29). The summed E-state index contributed by atoms with van der Waals surface area (Å²) in [5.74, 6) is -1.76. The molecular weight excluding hydrogens is 411 g/mol. The van der Waals surface area contributed by atoms with Crippen LogP contribution in [0.5, 0.6) is 0 Å². The van der Waals surface area contributed by atoms with Crippen molar-refractivity contribution in [2.45, 2.75) is 26.4 Å². The molecule has 0 bridgehead atoms. The molecule has 0 amide bonds. The van der Waals surface area contributed by atoms with E-state index in [-0.39, 0.29) is 22.6 Å². The van der Waals surface area contributed by atoms with Crippen molar-refractivity contribution in [2.75, 3.05) is 0 Å². The van der Waals surface area contributed by atoms with Crippen LogP contribution in [0.2, 0.25) is 5.02 Å². The summed E-state index contributed by atoms with van der Waals surface area (Å²) in [6.07, 6.45) is 4.05. The summed E-state index contributed by atoms with van der Waals surface area (Å²) < 4.78 is 19.3. The monoisotopic (exact) mass is 428 g/mol. The van der Waals surface area contributed by atoms with E-state index in [1.807, 2.05) is 6.92 Å². The summed E-state index contributed by atoms with van der Waals surface area (Å²) in [5, 5.41) is 13.4. The van der Waals surface area contributed by atoms with Crippen molar-refractivity contribution in [1.82, 2.24) is 18.9 Å². The Kier molecular flexibility index (Phi) is 5.17. The minimum Gasteiger partial charge on any atom is -0.478 e. The molecule has 0 spiro atoms. The van der Waals surface area contributed by atoms with E-state index < -0.39 is 17.5 Å². The molecule has 2 heterocycles. The van der Waals surface area contributed by atoms with Crippen LogP contribution in [0.15, 0.2) is 53.6 Å². The molecule has 2 aromatic heterocycles. The zero-order valence-electron chi connectivity index (χ0n) is 16.0. The Hall–Kier alpha value is -3.39. The van der Waals surface area contributed by atoms with E-state index in [9.17, 15) is 19.1 Å². The maximum absolute atomic E-state index is 15.0. The molecule has 0 aliphatic rings. The Balaban J connectivity index is 1.92. The predicted octanol–water partition coefficient (Wildman–Crippen LogP) is 3.94. The van der Waals surface area contributed by atoms with Crippen LogP contribution < -0.4 is 5.69 Å². The SMILES string of the molecule is CCCn1cc(-n2c(=O)n(Cc3cccc(C(=O)O)c3)c3ccc(Cl)c(F)c32)cn1. The highest BCUT2D eigenvalue weighted by atomic mass is 35.5. The van der Waals surface area contributed by atoms with Gasteiger partial charge in [-0.3, -0.25) is 13.8 Å². The first-order chi connectivity index (χ1) is 14.4. The van der Waals surface area contributed by atoms with Gasteiger partial charge in [-0.2, -0.15) is 5.10 Å². The van der Waals surface area contributed by atoms with Gasteiger partial charge in [0, 0.05) is 12.7 Å². The molecule has 4 aromatic rings. The largest absolute Gasteiger partial charge is 0.478 e. The van der Waals surface area contributed by atoms with Gasteiger partial charge in [0.15, 0.2) is 5.82 Å². The number of carboxylic acids is 1. The first-order valence-corrected chi connectivity index (χ1v) is 9.72. The van der Waals surface area contributed by atoms with E-state index in [0.29, 0.717) is 23.3 Å². The smallest absolute Gasteiger partial charge is 0.335 e. The third-order valence-corrected chi connectivity index (χ3v) is 5.12. The zero-order valence-corrected chi connectivity index (χ0v) is 16.8. The Morgan fingerprint density at radius 1 is 1.27 bits per heavy atom. The van der Waals surface area contributed by atoms with Gasteiger partial charge in [0.2, 0.25) is 0 Å². The second kappa shape index (κ2) is 7.79. The molecule has 30 heavy (non-hydrogen) atoms. The first kappa shape index (κ1) is 19.9. The molecule has 0 saturated carbocycles. The fourth-order valence-electron chi connectivity index (χ4n) is 3.48. The summed E-state index contributed by atoms with van der Waals surface area (Å²) in [6, 6.07) is 9.26. The van der Waals surface area contributed by atoms with Crippen LogP contribution in [0.3, 0.4) is 0 Å². The van der Waals surface area contributed by atoms with E-state index in [4.69, 9.17) is 11.6 Å². The molecule has 7 nitrogen and oxygen atoms in total. The van der Waals surface area contributed by atoms with Crippen molar-refractivity contribution in [3.63, 3.8) is 0 Å². The summed E-state index contributed by atoms with van der Waals surface area (Å²) in [7, 11) is 0. The predicted molar refractivity (Wildman–Crippen MR) is 111 cm³/mol. The Morgan fingerprint density at radius 3 is 2.80 bits per heavy atom. The number of carbonyl (C=O) groups is 1. The van der Waals surface area contributed by atoms with Crippen molar-refractivity contribution in [1.29, 1.82) is 0 Å². The van der Waals surface area contributed by atoms with Gasteiger partial charge >= 0.3 is 11.7 Å². The lowest BCUT2D eigenvalue weighted by Crippen LogP contribution is -2.23. The molecule has 0 unspecified atom stereocenters. The Morgan fingerprint density at radius 2 is 2.07 bits per heavy atom. The maximum atomic E-state index is 15.0. The molecule has 0 aliphatic heterocycles. The fraction of sp³-hybridized carbons (Fsp3) is 0.190. The number of hydrogen-bond acceptors (Lipinski definition) is 3. The second-order valence-corrected chi connectivity index (χ2v) is 7.31. The van der Waals surface area contributed by atoms with Crippen molar-refractivity contribution in [3.05, 3.63) is 81.2 Å². The number of aromatic nitrogens is 4. The van der Waals surface area contributed by atoms with Gasteiger partial charge in [0.05, 0.1) is 34.5 Å². The van der Waals surface area contributed by atoms with Crippen LogP contribution in [0.1, 0.15) is 29.3 Å². The number of imidazole rings is 1. The van der Waals surface area contributed by atoms with E-state index in [1.165, 1.54) is 33.5 Å². The highest BCUT2D eigenvalue weighted by molar-refractivity contribution is 6.31. The van der Waals surface area contributed by atoms with Crippen molar-refractivity contribution in [2.24, 2.45) is 0 Å². The number of hydrogen-bond donors (Lipinski definition) is 1. The number of rotatable bonds is 6. The van der Waals surface area contributed by atoms with E-state index in [1.54, 1.807) is 29.1 Å². The highest BCUT2D eigenvalue weighted by Crippen LogP contribution is 2.26. The number of benzene rings is 2. The Labute approximate surface area is 175 Å². The van der Waals surface area contributed by atoms with Gasteiger partial charge in [-0.05, 0) is 36.2 Å². The van der Waals surface area contributed by atoms with Crippen LogP contribution in [0.25, 0.3) is 16.7 Å².